The summed E-state index contributed by atoms with van der Waals surface area (Å²) in [7, 11) is 0. The number of fused-ring (bicyclic) bond motifs is 1. The van der Waals surface area contributed by atoms with Gasteiger partial charge in [-0.3, -0.25) is 0 Å². The Balaban J connectivity index is 1.58. The smallest absolute Gasteiger partial charge is 0.144 e. The zero-order chi connectivity index (χ0) is 13.8. The number of anilines is 1. The third-order valence-corrected chi connectivity index (χ3v) is 3.65. The van der Waals surface area contributed by atoms with Crippen molar-refractivity contribution >= 4 is 27.2 Å². The lowest BCUT2D eigenvalue weighted by atomic mass is 10.2. The molecule has 0 saturated carbocycles. The van der Waals surface area contributed by atoms with E-state index in [0.29, 0.717) is 24.7 Å². The van der Waals surface area contributed by atoms with Crippen molar-refractivity contribution in [2.75, 3.05) is 18.9 Å². The topological polar surface area (TPSA) is 57.4 Å². The van der Waals surface area contributed by atoms with Crippen LogP contribution < -0.4 is 15.2 Å². The van der Waals surface area contributed by atoms with E-state index >= 15 is 0 Å². The van der Waals surface area contributed by atoms with Gasteiger partial charge < -0.3 is 15.2 Å². The van der Waals surface area contributed by atoms with Gasteiger partial charge in [0.1, 0.15) is 35.9 Å². The van der Waals surface area contributed by atoms with Crippen LogP contribution in [-0.2, 0) is 0 Å². The Bertz CT molecular complexity index is 697. The maximum atomic E-state index is 6.04. The van der Waals surface area contributed by atoms with Crippen molar-refractivity contribution < 1.29 is 9.47 Å². The normalized spacial score (nSPS) is 10.6. The van der Waals surface area contributed by atoms with E-state index in [4.69, 9.17) is 15.2 Å². The predicted octanol–water partition coefficient (Wildman–Crippen LogP) is 3.34. The molecule has 102 valence electrons. The van der Waals surface area contributed by atoms with Crippen LogP contribution in [0, 0.1) is 0 Å². The first-order valence-corrected chi connectivity index (χ1v) is 7.15. The van der Waals surface area contributed by atoms with E-state index in [1.54, 1.807) is 16.8 Å². The Kier molecular flexibility index (Phi) is 3.69. The van der Waals surface area contributed by atoms with Crippen molar-refractivity contribution in [3.8, 4) is 11.5 Å². The Hall–Kier alpha value is -2.27. The van der Waals surface area contributed by atoms with Crippen LogP contribution in [0.25, 0.3) is 10.2 Å². The summed E-state index contributed by atoms with van der Waals surface area (Å²) < 4.78 is 12.3. The lowest BCUT2D eigenvalue weighted by Gasteiger charge is -2.10. The summed E-state index contributed by atoms with van der Waals surface area (Å²) in [5.41, 5.74) is 9.21. The molecule has 4 nitrogen and oxygen atoms in total. The van der Waals surface area contributed by atoms with Crippen molar-refractivity contribution in [1.82, 2.24) is 4.98 Å². The molecule has 1 heterocycles. The van der Waals surface area contributed by atoms with Crippen molar-refractivity contribution in [3.05, 3.63) is 48.0 Å². The SMILES string of the molecule is Nc1c(OCCOc2ccccc2)ccc2scnc12. The summed E-state index contributed by atoms with van der Waals surface area (Å²) in [4.78, 5) is 4.24. The molecule has 0 aliphatic heterocycles. The molecule has 0 spiro atoms. The first-order valence-electron chi connectivity index (χ1n) is 6.27. The monoisotopic (exact) mass is 286 g/mol. The number of thiazole rings is 1. The Morgan fingerprint density at radius 1 is 1.00 bits per heavy atom. The molecule has 0 saturated heterocycles. The maximum absolute atomic E-state index is 6.04. The molecule has 2 N–H and O–H groups in total. The van der Waals surface area contributed by atoms with Crippen molar-refractivity contribution in [2.24, 2.45) is 0 Å². The van der Waals surface area contributed by atoms with E-state index in [1.807, 2.05) is 42.5 Å². The largest absolute Gasteiger partial charge is 0.490 e. The van der Waals surface area contributed by atoms with Gasteiger partial charge in [0.25, 0.3) is 0 Å². The van der Waals surface area contributed by atoms with E-state index in [-0.39, 0.29) is 0 Å². The second-order valence-corrected chi connectivity index (χ2v) is 5.07. The summed E-state index contributed by atoms with van der Waals surface area (Å²) in [6.07, 6.45) is 0. The van der Waals surface area contributed by atoms with Gasteiger partial charge in [0.05, 0.1) is 10.2 Å². The summed E-state index contributed by atoms with van der Waals surface area (Å²) in [6.45, 7) is 0.910. The van der Waals surface area contributed by atoms with Crippen molar-refractivity contribution in [2.45, 2.75) is 0 Å². The average molecular weight is 286 g/mol. The highest BCUT2D eigenvalue weighted by Crippen LogP contribution is 2.31. The summed E-state index contributed by atoms with van der Waals surface area (Å²) in [5, 5.41) is 0. The third-order valence-electron chi connectivity index (χ3n) is 2.85. The van der Waals surface area contributed by atoms with Crippen LogP contribution >= 0.6 is 11.3 Å². The molecule has 0 amide bonds. The molecule has 3 aromatic rings. The summed E-state index contributed by atoms with van der Waals surface area (Å²) >= 11 is 1.56. The molecular formula is C15H14N2O2S. The standard InChI is InChI=1S/C15H14N2O2S/c16-14-12(6-7-13-15(14)17-10-20-13)19-9-8-18-11-4-2-1-3-5-11/h1-7,10H,8-9,16H2. The zero-order valence-corrected chi connectivity index (χ0v) is 11.6. The number of nitrogen functional groups attached to an aromatic ring is 1. The lowest BCUT2D eigenvalue weighted by Crippen LogP contribution is -2.10. The lowest BCUT2D eigenvalue weighted by molar-refractivity contribution is 0.218. The minimum Gasteiger partial charge on any atom is -0.490 e. The number of nitrogens with zero attached hydrogens (tertiary/aromatic N) is 1. The summed E-state index contributed by atoms with van der Waals surface area (Å²) in [6, 6.07) is 13.5. The number of aromatic nitrogens is 1. The van der Waals surface area contributed by atoms with Crippen LogP contribution in [0.15, 0.2) is 48.0 Å². The van der Waals surface area contributed by atoms with Gasteiger partial charge in [0.15, 0.2) is 0 Å². The second kappa shape index (κ2) is 5.79. The van der Waals surface area contributed by atoms with Gasteiger partial charge in [-0.1, -0.05) is 18.2 Å². The Morgan fingerprint density at radius 2 is 1.80 bits per heavy atom. The van der Waals surface area contributed by atoms with Gasteiger partial charge in [-0.15, -0.1) is 11.3 Å². The van der Waals surface area contributed by atoms with E-state index < -0.39 is 0 Å². The van der Waals surface area contributed by atoms with Crippen molar-refractivity contribution in [1.29, 1.82) is 0 Å². The van der Waals surface area contributed by atoms with Crippen LogP contribution in [0.4, 0.5) is 5.69 Å². The van der Waals surface area contributed by atoms with Gasteiger partial charge in [-0.2, -0.15) is 0 Å². The molecule has 1 aromatic heterocycles. The first-order chi connectivity index (χ1) is 9.84. The zero-order valence-electron chi connectivity index (χ0n) is 10.8. The Morgan fingerprint density at radius 3 is 2.65 bits per heavy atom. The van der Waals surface area contributed by atoms with Gasteiger partial charge in [-0.25, -0.2) is 4.98 Å². The van der Waals surface area contributed by atoms with Crippen LogP contribution in [0.3, 0.4) is 0 Å². The molecule has 0 atom stereocenters. The minimum atomic E-state index is 0.439. The highest BCUT2D eigenvalue weighted by atomic mass is 32.1. The number of hydrogen-bond acceptors (Lipinski definition) is 5. The number of para-hydroxylation sites is 1. The molecule has 0 aliphatic rings. The maximum Gasteiger partial charge on any atom is 0.144 e. The van der Waals surface area contributed by atoms with E-state index in [9.17, 15) is 0 Å². The van der Waals surface area contributed by atoms with E-state index in [0.717, 1.165) is 16.0 Å². The molecule has 5 heteroatoms. The van der Waals surface area contributed by atoms with Crippen LogP contribution in [-0.4, -0.2) is 18.2 Å². The average Bonchev–Trinajstić information content (AvgIpc) is 2.96. The third kappa shape index (κ3) is 2.67. The number of benzene rings is 2. The molecule has 0 fully saturated rings. The molecule has 2 aromatic carbocycles. The number of rotatable bonds is 5. The fourth-order valence-electron chi connectivity index (χ4n) is 1.89. The number of nitrogens with two attached hydrogens (primary N) is 1. The second-order valence-electron chi connectivity index (χ2n) is 4.19. The molecule has 0 aliphatic carbocycles. The minimum absolute atomic E-state index is 0.439. The fourth-order valence-corrected chi connectivity index (χ4v) is 2.58. The summed E-state index contributed by atoms with van der Waals surface area (Å²) in [5.74, 6) is 1.49. The van der Waals surface area contributed by atoms with E-state index in [2.05, 4.69) is 4.98 Å². The molecule has 0 radical (unpaired) electrons. The highest BCUT2D eigenvalue weighted by Gasteiger charge is 2.07. The predicted molar refractivity (Wildman–Crippen MR) is 81.5 cm³/mol. The molecular weight excluding hydrogens is 272 g/mol. The molecule has 0 bridgehead atoms. The fraction of sp³-hybridized carbons (Fsp3) is 0.133. The molecule has 20 heavy (non-hydrogen) atoms. The van der Waals surface area contributed by atoms with Gasteiger partial charge >= 0.3 is 0 Å². The van der Waals surface area contributed by atoms with Gasteiger partial charge in [-0.05, 0) is 24.3 Å². The van der Waals surface area contributed by atoms with Crippen LogP contribution in [0.1, 0.15) is 0 Å². The number of hydrogen-bond donors (Lipinski definition) is 1. The van der Waals surface area contributed by atoms with Gasteiger partial charge in [0.2, 0.25) is 0 Å². The number of ether oxygens (including phenoxy) is 2. The van der Waals surface area contributed by atoms with Gasteiger partial charge in [0, 0.05) is 0 Å². The molecule has 3 rings (SSSR count). The van der Waals surface area contributed by atoms with Crippen LogP contribution in [0.2, 0.25) is 0 Å². The Labute approximate surface area is 120 Å². The van der Waals surface area contributed by atoms with E-state index in [1.165, 1.54) is 0 Å². The van der Waals surface area contributed by atoms with Crippen LogP contribution in [0.5, 0.6) is 11.5 Å². The first kappa shape index (κ1) is 12.7. The highest BCUT2D eigenvalue weighted by molar-refractivity contribution is 7.16. The molecule has 0 unspecified atom stereocenters. The van der Waals surface area contributed by atoms with Crippen molar-refractivity contribution in [3.63, 3.8) is 0 Å². The quantitative estimate of drug-likeness (QED) is 0.577.